The molecular formula is C20H27N5O2. The Kier molecular flexibility index (Phi) is 4.63. The Balaban J connectivity index is 1.67. The molecule has 2 fully saturated rings. The molecule has 0 spiro atoms. The summed E-state index contributed by atoms with van der Waals surface area (Å²) in [5.74, 6) is -0.211. The SMILES string of the molecule is C[C@@H]1CNCC[C@H]1N(C)c1ccc2c(C3CCC(=O)NC3=O)nn(C)c2c1. The van der Waals surface area contributed by atoms with Gasteiger partial charge < -0.3 is 10.2 Å². The molecule has 0 bridgehead atoms. The molecule has 0 aliphatic carbocycles. The van der Waals surface area contributed by atoms with Crippen LogP contribution in [0.2, 0.25) is 0 Å². The van der Waals surface area contributed by atoms with Gasteiger partial charge in [0.1, 0.15) is 0 Å². The molecule has 0 saturated carbocycles. The van der Waals surface area contributed by atoms with Crippen molar-refractivity contribution >= 4 is 28.4 Å². The van der Waals surface area contributed by atoms with Crippen molar-refractivity contribution in [1.29, 1.82) is 0 Å². The summed E-state index contributed by atoms with van der Waals surface area (Å²) in [5.41, 5.74) is 2.95. The zero-order valence-corrected chi connectivity index (χ0v) is 16.2. The largest absolute Gasteiger partial charge is 0.371 e. The van der Waals surface area contributed by atoms with Crippen LogP contribution in [0.5, 0.6) is 0 Å². The number of carbonyl (C=O) groups is 2. The van der Waals surface area contributed by atoms with E-state index in [0.29, 0.717) is 24.8 Å². The lowest BCUT2D eigenvalue weighted by atomic mass is 9.92. The van der Waals surface area contributed by atoms with E-state index in [9.17, 15) is 9.59 Å². The van der Waals surface area contributed by atoms with Gasteiger partial charge >= 0.3 is 0 Å². The monoisotopic (exact) mass is 369 g/mol. The van der Waals surface area contributed by atoms with E-state index in [4.69, 9.17) is 0 Å². The van der Waals surface area contributed by atoms with Crippen LogP contribution in [-0.4, -0.2) is 47.8 Å². The van der Waals surface area contributed by atoms with Crippen LogP contribution < -0.4 is 15.5 Å². The first-order chi connectivity index (χ1) is 13.0. The highest BCUT2D eigenvalue weighted by Gasteiger charge is 2.32. The van der Waals surface area contributed by atoms with Crippen LogP contribution in [0.15, 0.2) is 18.2 Å². The van der Waals surface area contributed by atoms with Gasteiger partial charge in [-0.3, -0.25) is 19.6 Å². The third-order valence-corrected chi connectivity index (χ3v) is 6.08. The van der Waals surface area contributed by atoms with Crippen molar-refractivity contribution in [2.24, 2.45) is 13.0 Å². The lowest BCUT2D eigenvalue weighted by Crippen LogP contribution is -2.47. The molecule has 2 N–H and O–H groups in total. The van der Waals surface area contributed by atoms with Crippen LogP contribution in [0.1, 0.15) is 37.8 Å². The number of nitrogens with zero attached hydrogens (tertiary/aromatic N) is 3. The minimum absolute atomic E-state index is 0.198. The second-order valence-electron chi connectivity index (χ2n) is 7.86. The van der Waals surface area contributed by atoms with Gasteiger partial charge in [-0.05, 0) is 50.0 Å². The Morgan fingerprint density at radius 2 is 2.07 bits per heavy atom. The van der Waals surface area contributed by atoms with Gasteiger partial charge in [0.25, 0.3) is 0 Å². The van der Waals surface area contributed by atoms with Crippen molar-refractivity contribution in [3.8, 4) is 0 Å². The molecule has 144 valence electrons. The predicted octanol–water partition coefficient (Wildman–Crippen LogP) is 1.53. The lowest BCUT2D eigenvalue weighted by Gasteiger charge is -2.38. The number of hydrogen-bond acceptors (Lipinski definition) is 5. The van der Waals surface area contributed by atoms with Gasteiger partial charge in [-0.15, -0.1) is 0 Å². The summed E-state index contributed by atoms with van der Waals surface area (Å²) in [6, 6.07) is 6.85. The number of hydrogen-bond donors (Lipinski definition) is 2. The molecule has 2 aromatic rings. The van der Waals surface area contributed by atoms with E-state index < -0.39 is 0 Å². The molecule has 3 atom stereocenters. The minimum atomic E-state index is -0.362. The van der Waals surface area contributed by atoms with Crippen molar-refractivity contribution in [1.82, 2.24) is 20.4 Å². The van der Waals surface area contributed by atoms with Crippen molar-refractivity contribution in [2.75, 3.05) is 25.0 Å². The molecule has 4 rings (SSSR count). The van der Waals surface area contributed by atoms with Crippen molar-refractivity contribution < 1.29 is 9.59 Å². The first-order valence-electron chi connectivity index (χ1n) is 9.69. The third-order valence-electron chi connectivity index (χ3n) is 6.08. The normalized spacial score (nSPS) is 26.3. The number of amides is 2. The fourth-order valence-electron chi connectivity index (χ4n) is 4.47. The molecule has 1 unspecified atom stereocenters. The number of fused-ring (bicyclic) bond motifs is 1. The number of rotatable bonds is 3. The zero-order valence-electron chi connectivity index (χ0n) is 16.2. The molecule has 2 aliphatic rings. The fourth-order valence-corrected chi connectivity index (χ4v) is 4.47. The van der Waals surface area contributed by atoms with Crippen LogP contribution in [-0.2, 0) is 16.6 Å². The van der Waals surface area contributed by atoms with E-state index in [2.05, 4.69) is 52.8 Å². The summed E-state index contributed by atoms with van der Waals surface area (Å²) < 4.78 is 1.84. The van der Waals surface area contributed by atoms with E-state index in [1.54, 1.807) is 0 Å². The number of carbonyl (C=O) groups excluding carboxylic acids is 2. The summed E-state index contributed by atoms with van der Waals surface area (Å²) in [6.07, 6.45) is 2.01. The Morgan fingerprint density at radius 3 is 2.81 bits per heavy atom. The maximum Gasteiger partial charge on any atom is 0.235 e. The standard InChI is InChI=1S/C20H27N5O2/c1-12-11-21-9-8-16(12)24(2)13-4-5-14-17(10-13)25(3)23-19(14)15-6-7-18(26)22-20(15)27/h4-5,10,12,15-16,21H,6-9,11H2,1-3H3,(H,22,26,27)/t12-,15?,16-/m1/s1. The van der Waals surface area contributed by atoms with E-state index >= 15 is 0 Å². The Morgan fingerprint density at radius 1 is 1.26 bits per heavy atom. The molecule has 7 heteroatoms. The zero-order chi connectivity index (χ0) is 19.1. The van der Waals surface area contributed by atoms with E-state index in [0.717, 1.165) is 36.1 Å². The summed E-state index contributed by atoms with van der Waals surface area (Å²) in [7, 11) is 4.07. The molecule has 2 amide bonds. The molecular weight excluding hydrogens is 342 g/mol. The predicted molar refractivity (Wildman–Crippen MR) is 105 cm³/mol. The Hall–Kier alpha value is -2.41. The molecule has 2 aliphatic heterocycles. The summed E-state index contributed by atoms with van der Waals surface area (Å²) in [5, 5.41) is 11.5. The lowest BCUT2D eigenvalue weighted by molar-refractivity contribution is -0.134. The highest BCUT2D eigenvalue weighted by molar-refractivity contribution is 6.02. The van der Waals surface area contributed by atoms with Gasteiger partial charge in [0, 0.05) is 37.6 Å². The average molecular weight is 369 g/mol. The maximum atomic E-state index is 12.3. The van der Waals surface area contributed by atoms with Crippen molar-refractivity contribution in [3.05, 3.63) is 23.9 Å². The average Bonchev–Trinajstić information content (AvgIpc) is 2.97. The highest BCUT2D eigenvalue weighted by atomic mass is 16.2. The van der Waals surface area contributed by atoms with Crippen molar-refractivity contribution in [3.63, 3.8) is 0 Å². The summed E-state index contributed by atoms with van der Waals surface area (Å²) in [6.45, 7) is 4.38. The van der Waals surface area contributed by atoms with Gasteiger partial charge in [0.05, 0.1) is 17.1 Å². The van der Waals surface area contributed by atoms with Crippen LogP contribution in [0.25, 0.3) is 10.9 Å². The molecule has 3 heterocycles. The van der Waals surface area contributed by atoms with Gasteiger partial charge in [0.2, 0.25) is 11.8 Å². The summed E-state index contributed by atoms with van der Waals surface area (Å²) >= 11 is 0. The van der Waals surface area contributed by atoms with Crippen LogP contribution in [0, 0.1) is 5.92 Å². The van der Waals surface area contributed by atoms with Crippen molar-refractivity contribution in [2.45, 2.75) is 38.1 Å². The Labute approximate surface area is 159 Å². The highest BCUT2D eigenvalue weighted by Crippen LogP contribution is 2.33. The summed E-state index contributed by atoms with van der Waals surface area (Å²) in [4.78, 5) is 26.1. The quantitative estimate of drug-likeness (QED) is 0.802. The number of nitrogens with one attached hydrogen (secondary N) is 2. The van der Waals surface area contributed by atoms with Gasteiger partial charge in [0.15, 0.2) is 0 Å². The Bertz CT molecular complexity index is 890. The molecule has 7 nitrogen and oxygen atoms in total. The number of benzene rings is 1. The molecule has 1 aromatic carbocycles. The second-order valence-corrected chi connectivity index (χ2v) is 7.86. The molecule has 0 radical (unpaired) electrons. The third kappa shape index (κ3) is 3.20. The van der Waals surface area contributed by atoms with E-state index in [1.165, 1.54) is 5.69 Å². The van der Waals surface area contributed by atoms with E-state index in [-0.39, 0.29) is 17.7 Å². The van der Waals surface area contributed by atoms with Gasteiger partial charge in [-0.25, -0.2) is 0 Å². The topological polar surface area (TPSA) is 79.3 Å². The maximum absolute atomic E-state index is 12.3. The fraction of sp³-hybridized carbons (Fsp3) is 0.550. The van der Waals surface area contributed by atoms with Crippen LogP contribution >= 0.6 is 0 Å². The minimum Gasteiger partial charge on any atom is -0.371 e. The number of anilines is 1. The van der Waals surface area contributed by atoms with Gasteiger partial charge in [-0.2, -0.15) is 5.10 Å². The number of piperidine rings is 2. The number of aromatic nitrogens is 2. The van der Waals surface area contributed by atoms with Crippen LogP contribution in [0.4, 0.5) is 5.69 Å². The smallest absolute Gasteiger partial charge is 0.235 e. The number of aryl methyl sites for hydroxylation is 1. The first-order valence-corrected chi connectivity index (χ1v) is 9.69. The second kappa shape index (κ2) is 6.96. The molecule has 2 saturated heterocycles. The first kappa shape index (κ1) is 18.0. The number of imide groups is 1. The molecule has 27 heavy (non-hydrogen) atoms. The van der Waals surface area contributed by atoms with E-state index in [1.807, 2.05) is 11.7 Å². The van der Waals surface area contributed by atoms with Gasteiger partial charge in [-0.1, -0.05) is 6.92 Å². The van der Waals surface area contributed by atoms with Crippen LogP contribution in [0.3, 0.4) is 0 Å². The molecule has 1 aromatic heterocycles.